The molecule has 0 saturated carbocycles. The Labute approximate surface area is 163 Å². The molecule has 2 aliphatic rings. The molecule has 5 heteroatoms. The van der Waals surface area contributed by atoms with E-state index in [4.69, 9.17) is 27.9 Å². The number of ether oxygens (including phenoxy) is 1. The van der Waals surface area contributed by atoms with E-state index in [1.807, 2.05) is 35.4 Å². The van der Waals surface area contributed by atoms with E-state index in [2.05, 4.69) is 0 Å². The van der Waals surface area contributed by atoms with Crippen LogP contribution in [-0.2, 0) is 4.74 Å². The lowest BCUT2D eigenvalue weighted by atomic mass is 9.86. The van der Waals surface area contributed by atoms with E-state index in [-0.39, 0.29) is 11.5 Å². The molecule has 134 valence electrons. The first kappa shape index (κ1) is 17.4. The van der Waals surface area contributed by atoms with E-state index >= 15 is 0 Å². The molecule has 1 atom stereocenters. The van der Waals surface area contributed by atoms with Gasteiger partial charge in [0.1, 0.15) is 5.60 Å². The van der Waals surface area contributed by atoms with Gasteiger partial charge in [-0.25, -0.2) is 0 Å². The minimum absolute atomic E-state index is 0.0317. The fourth-order valence-corrected chi connectivity index (χ4v) is 4.00. The number of hydrogen-bond donors (Lipinski definition) is 0. The van der Waals surface area contributed by atoms with E-state index in [1.165, 1.54) is 0 Å². The molecule has 0 bridgehead atoms. The van der Waals surface area contributed by atoms with Crippen LogP contribution in [0.5, 0.6) is 0 Å². The number of piperidine rings is 1. The number of likely N-dealkylation sites (tertiary alicyclic amines) is 1. The molecule has 3 nitrogen and oxygen atoms in total. The Morgan fingerprint density at radius 1 is 1.00 bits per heavy atom. The van der Waals surface area contributed by atoms with Crippen molar-refractivity contribution in [1.82, 2.24) is 4.90 Å². The topological polar surface area (TPSA) is 29.5 Å². The first-order valence-electron chi connectivity index (χ1n) is 8.72. The molecule has 1 fully saturated rings. The molecular weight excluding hydrogens is 369 g/mol. The summed E-state index contributed by atoms with van der Waals surface area (Å²) in [6, 6.07) is 14.9. The fourth-order valence-electron chi connectivity index (χ4n) is 3.75. The quantitative estimate of drug-likeness (QED) is 0.687. The first-order chi connectivity index (χ1) is 12.5. The van der Waals surface area contributed by atoms with Crippen LogP contribution in [0.15, 0.2) is 54.8 Å². The van der Waals surface area contributed by atoms with E-state index < -0.39 is 0 Å². The van der Waals surface area contributed by atoms with Gasteiger partial charge in [0, 0.05) is 28.6 Å². The van der Waals surface area contributed by atoms with Crippen LogP contribution in [0.25, 0.3) is 5.57 Å². The number of amides is 1. The Morgan fingerprint density at radius 3 is 2.35 bits per heavy atom. The summed E-state index contributed by atoms with van der Waals surface area (Å²) in [4.78, 5) is 14.7. The van der Waals surface area contributed by atoms with Crippen LogP contribution < -0.4 is 0 Å². The Hall–Kier alpha value is -1.97. The average Bonchev–Trinajstić information content (AvgIpc) is 3.05. The van der Waals surface area contributed by atoms with Crippen LogP contribution in [0.3, 0.4) is 0 Å². The Bertz CT molecular complexity index is 845. The van der Waals surface area contributed by atoms with Gasteiger partial charge in [-0.1, -0.05) is 35.3 Å². The van der Waals surface area contributed by atoms with E-state index in [0.717, 1.165) is 42.0 Å². The lowest BCUT2D eigenvalue weighted by Crippen LogP contribution is -2.50. The van der Waals surface area contributed by atoms with Gasteiger partial charge in [0.15, 0.2) is 0 Å². The van der Waals surface area contributed by atoms with Crippen LogP contribution in [0.1, 0.15) is 35.2 Å². The van der Waals surface area contributed by atoms with Gasteiger partial charge in [-0.2, -0.15) is 0 Å². The van der Waals surface area contributed by atoms with E-state index in [9.17, 15) is 4.79 Å². The molecule has 1 spiro atoms. The average molecular weight is 388 g/mol. The lowest BCUT2D eigenvalue weighted by Gasteiger charge is -2.39. The predicted molar refractivity (Wildman–Crippen MR) is 104 cm³/mol. The van der Waals surface area contributed by atoms with Crippen LogP contribution in [-0.4, -0.2) is 29.5 Å². The predicted octanol–water partition coefficient (Wildman–Crippen LogP) is 5.43. The van der Waals surface area contributed by atoms with Gasteiger partial charge in [-0.3, -0.25) is 4.79 Å². The molecule has 1 saturated heterocycles. The van der Waals surface area contributed by atoms with Crippen LogP contribution in [0, 0.1) is 0 Å². The second-order valence-electron chi connectivity index (χ2n) is 6.96. The summed E-state index contributed by atoms with van der Waals surface area (Å²) in [6.45, 7) is 1.35. The minimum Gasteiger partial charge on any atom is -0.492 e. The molecule has 2 aromatic rings. The van der Waals surface area contributed by atoms with Crippen molar-refractivity contribution in [1.29, 1.82) is 0 Å². The third-order valence-electron chi connectivity index (χ3n) is 5.10. The Balaban J connectivity index is 1.48. The maximum atomic E-state index is 12.8. The molecule has 0 radical (unpaired) electrons. The molecule has 0 aromatic heterocycles. The standard InChI is InChI=1S/C21H19Cl2NO2/c22-18-6-2-15(3-7-18)17-12-21(26-13-17)10-1-11-24(14-21)20(25)16-4-8-19(23)9-5-16/h2-9,13H,1,10-12,14H2. The third kappa shape index (κ3) is 3.46. The number of hydrogen-bond acceptors (Lipinski definition) is 2. The van der Waals surface area contributed by atoms with Gasteiger partial charge in [-0.05, 0) is 60.4 Å². The summed E-state index contributed by atoms with van der Waals surface area (Å²) >= 11 is 11.9. The van der Waals surface area contributed by atoms with Crippen LogP contribution in [0.2, 0.25) is 10.0 Å². The summed E-state index contributed by atoms with van der Waals surface area (Å²) < 4.78 is 6.10. The van der Waals surface area contributed by atoms with Crippen molar-refractivity contribution in [2.45, 2.75) is 24.9 Å². The summed E-state index contributed by atoms with van der Waals surface area (Å²) in [5.74, 6) is 0.0317. The smallest absolute Gasteiger partial charge is 0.253 e. The van der Waals surface area contributed by atoms with Crippen molar-refractivity contribution in [3.63, 3.8) is 0 Å². The molecular formula is C21H19Cl2NO2. The monoisotopic (exact) mass is 387 g/mol. The van der Waals surface area contributed by atoms with Crippen molar-refractivity contribution in [2.24, 2.45) is 0 Å². The molecule has 0 N–H and O–H groups in total. The highest BCUT2D eigenvalue weighted by Gasteiger charge is 2.42. The molecule has 1 unspecified atom stereocenters. The third-order valence-corrected chi connectivity index (χ3v) is 5.60. The highest BCUT2D eigenvalue weighted by molar-refractivity contribution is 6.30. The molecule has 2 aliphatic heterocycles. The van der Waals surface area contributed by atoms with E-state index in [1.54, 1.807) is 24.3 Å². The Morgan fingerprint density at radius 2 is 1.65 bits per heavy atom. The van der Waals surface area contributed by atoms with Crippen molar-refractivity contribution < 1.29 is 9.53 Å². The molecule has 2 heterocycles. The number of carbonyl (C=O) groups is 1. The summed E-state index contributed by atoms with van der Waals surface area (Å²) in [5.41, 5.74) is 2.61. The lowest BCUT2D eigenvalue weighted by molar-refractivity contribution is -0.0190. The van der Waals surface area contributed by atoms with Crippen molar-refractivity contribution in [3.8, 4) is 0 Å². The second kappa shape index (κ2) is 6.98. The van der Waals surface area contributed by atoms with Gasteiger partial charge >= 0.3 is 0 Å². The number of rotatable bonds is 2. The second-order valence-corrected chi connectivity index (χ2v) is 7.84. The van der Waals surface area contributed by atoms with Crippen LogP contribution >= 0.6 is 23.2 Å². The molecule has 26 heavy (non-hydrogen) atoms. The molecule has 4 rings (SSSR count). The summed E-state index contributed by atoms with van der Waals surface area (Å²) in [5, 5.41) is 1.35. The van der Waals surface area contributed by atoms with Crippen molar-refractivity contribution in [2.75, 3.05) is 13.1 Å². The highest BCUT2D eigenvalue weighted by Crippen LogP contribution is 2.40. The van der Waals surface area contributed by atoms with Gasteiger partial charge in [0.2, 0.25) is 0 Å². The molecule has 2 aromatic carbocycles. The molecule has 0 aliphatic carbocycles. The van der Waals surface area contributed by atoms with Gasteiger partial charge in [0.25, 0.3) is 5.91 Å². The van der Waals surface area contributed by atoms with Gasteiger partial charge in [-0.15, -0.1) is 0 Å². The summed E-state index contributed by atoms with van der Waals surface area (Å²) in [7, 11) is 0. The van der Waals surface area contributed by atoms with Crippen LogP contribution in [0.4, 0.5) is 0 Å². The van der Waals surface area contributed by atoms with E-state index in [0.29, 0.717) is 17.1 Å². The van der Waals surface area contributed by atoms with Crippen molar-refractivity contribution >= 4 is 34.7 Å². The minimum atomic E-state index is -0.324. The highest BCUT2D eigenvalue weighted by atomic mass is 35.5. The summed E-state index contributed by atoms with van der Waals surface area (Å²) in [6.07, 6.45) is 4.53. The zero-order chi connectivity index (χ0) is 18.1. The number of carbonyl (C=O) groups excluding carboxylic acids is 1. The number of benzene rings is 2. The number of nitrogens with zero attached hydrogens (tertiary/aromatic N) is 1. The van der Waals surface area contributed by atoms with Gasteiger partial charge < -0.3 is 9.64 Å². The maximum absolute atomic E-state index is 12.8. The largest absolute Gasteiger partial charge is 0.492 e. The molecule has 1 amide bonds. The maximum Gasteiger partial charge on any atom is 0.253 e. The Kier molecular flexibility index (Phi) is 4.68. The zero-order valence-electron chi connectivity index (χ0n) is 14.3. The number of halogens is 2. The SMILES string of the molecule is O=C(c1ccc(Cl)cc1)N1CCCC2(CC(c3ccc(Cl)cc3)=CO2)C1. The zero-order valence-corrected chi connectivity index (χ0v) is 15.8. The van der Waals surface area contributed by atoms with Gasteiger partial charge in [0.05, 0.1) is 12.8 Å². The fraction of sp³-hybridized carbons (Fsp3) is 0.286. The first-order valence-corrected chi connectivity index (χ1v) is 9.48. The van der Waals surface area contributed by atoms with Crippen molar-refractivity contribution in [3.05, 3.63) is 76.0 Å². The normalized spacial score (nSPS) is 22.2.